The second-order valence-electron chi connectivity index (χ2n) is 4.76. The molecule has 0 spiro atoms. The van der Waals surface area contributed by atoms with Crippen molar-refractivity contribution < 1.29 is 9.53 Å². The third-order valence-corrected chi connectivity index (χ3v) is 3.49. The molecule has 0 fully saturated rings. The number of ether oxygens (including phenoxy) is 1. The first-order valence-electron chi connectivity index (χ1n) is 6.62. The Bertz CT molecular complexity index is 675. The standard InChI is InChI=1S/C17H15NO2/c1-20-17(19)14-8-10-16-13(11-14)7-9-15(18-16)12-5-3-2-4-6-12/h2-6,8,10-11H,7,9H2,1H3. The summed E-state index contributed by atoms with van der Waals surface area (Å²) in [6.07, 6.45) is 1.79. The SMILES string of the molecule is COC(=O)c1ccc2c(c1)CCC(c1ccccc1)=N2. The molecule has 1 heterocycles. The maximum Gasteiger partial charge on any atom is 0.337 e. The van der Waals surface area contributed by atoms with Gasteiger partial charge >= 0.3 is 5.97 Å². The molecule has 1 aliphatic rings. The molecule has 0 aromatic heterocycles. The summed E-state index contributed by atoms with van der Waals surface area (Å²) in [5.41, 5.74) is 4.90. The molecule has 0 unspecified atom stereocenters. The Morgan fingerprint density at radius 3 is 2.65 bits per heavy atom. The molecule has 0 saturated heterocycles. The third kappa shape index (κ3) is 2.35. The highest BCUT2D eigenvalue weighted by Crippen LogP contribution is 2.28. The molecule has 2 aromatic carbocycles. The van der Waals surface area contributed by atoms with Crippen LogP contribution in [0.25, 0.3) is 0 Å². The highest BCUT2D eigenvalue weighted by atomic mass is 16.5. The average molecular weight is 265 g/mol. The van der Waals surface area contributed by atoms with Crippen molar-refractivity contribution >= 4 is 17.4 Å². The van der Waals surface area contributed by atoms with E-state index >= 15 is 0 Å². The summed E-state index contributed by atoms with van der Waals surface area (Å²) in [5, 5.41) is 0. The van der Waals surface area contributed by atoms with Gasteiger partial charge in [0.15, 0.2) is 0 Å². The largest absolute Gasteiger partial charge is 0.465 e. The number of nitrogens with zero attached hydrogens (tertiary/aromatic N) is 1. The first-order valence-corrected chi connectivity index (χ1v) is 6.62. The molecule has 3 nitrogen and oxygen atoms in total. The van der Waals surface area contributed by atoms with E-state index in [0.717, 1.165) is 35.4 Å². The van der Waals surface area contributed by atoms with E-state index in [1.807, 2.05) is 30.3 Å². The molecule has 0 aliphatic carbocycles. The topological polar surface area (TPSA) is 38.7 Å². The van der Waals surface area contributed by atoms with Crippen LogP contribution >= 0.6 is 0 Å². The van der Waals surface area contributed by atoms with E-state index in [4.69, 9.17) is 9.73 Å². The molecule has 3 heteroatoms. The van der Waals surface area contributed by atoms with Gasteiger partial charge in [-0.15, -0.1) is 0 Å². The van der Waals surface area contributed by atoms with Gasteiger partial charge in [-0.1, -0.05) is 30.3 Å². The lowest BCUT2D eigenvalue weighted by atomic mass is 9.96. The number of hydrogen-bond donors (Lipinski definition) is 0. The average Bonchev–Trinajstić information content (AvgIpc) is 2.54. The van der Waals surface area contributed by atoms with Crippen LogP contribution in [0.15, 0.2) is 53.5 Å². The normalized spacial score (nSPS) is 13.3. The Morgan fingerprint density at radius 1 is 1.10 bits per heavy atom. The van der Waals surface area contributed by atoms with Crippen LogP contribution in [0, 0.1) is 0 Å². The van der Waals surface area contributed by atoms with Gasteiger partial charge in [0, 0.05) is 5.71 Å². The first kappa shape index (κ1) is 12.6. The molecule has 1 aliphatic heterocycles. The van der Waals surface area contributed by atoms with Gasteiger partial charge in [0.25, 0.3) is 0 Å². The van der Waals surface area contributed by atoms with Gasteiger partial charge in [0.1, 0.15) is 0 Å². The summed E-state index contributed by atoms with van der Waals surface area (Å²) >= 11 is 0. The van der Waals surface area contributed by atoms with Gasteiger partial charge in [-0.2, -0.15) is 0 Å². The molecule has 0 bridgehead atoms. The second kappa shape index (κ2) is 5.29. The van der Waals surface area contributed by atoms with E-state index in [0.29, 0.717) is 5.56 Å². The summed E-state index contributed by atoms with van der Waals surface area (Å²) in [6.45, 7) is 0. The summed E-state index contributed by atoms with van der Waals surface area (Å²) in [4.78, 5) is 16.2. The monoisotopic (exact) mass is 265 g/mol. The van der Waals surface area contributed by atoms with Crippen molar-refractivity contribution in [3.8, 4) is 0 Å². The van der Waals surface area contributed by atoms with Gasteiger partial charge < -0.3 is 4.74 Å². The molecule has 3 rings (SSSR count). The predicted octanol–water partition coefficient (Wildman–Crippen LogP) is 3.54. The van der Waals surface area contributed by atoms with Crippen LogP contribution in [-0.2, 0) is 11.2 Å². The lowest BCUT2D eigenvalue weighted by Crippen LogP contribution is -2.09. The Balaban J connectivity index is 1.96. The number of benzene rings is 2. The summed E-state index contributed by atoms with van der Waals surface area (Å²) in [7, 11) is 1.40. The van der Waals surface area contributed by atoms with Crippen molar-refractivity contribution in [1.82, 2.24) is 0 Å². The van der Waals surface area contributed by atoms with Crippen LogP contribution in [0.5, 0.6) is 0 Å². The molecule has 0 N–H and O–H groups in total. The van der Waals surface area contributed by atoms with Gasteiger partial charge in [-0.25, -0.2) is 4.79 Å². The number of carbonyl (C=O) groups is 1. The van der Waals surface area contributed by atoms with Crippen molar-refractivity contribution in [3.63, 3.8) is 0 Å². The van der Waals surface area contributed by atoms with Crippen LogP contribution in [0.4, 0.5) is 5.69 Å². The summed E-state index contributed by atoms with van der Waals surface area (Å²) < 4.78 is 4.74. The molecular weight excluding hydrogens is 250 g/mol. The van der Waals surface area contributed by atoms with Crippen molar-refractivity contribution in [3.05, 3.63) is 65.2 Å². The smallest absolute Gasteiger partial charge is 0.337 e. The zero-order valence-electron chi connectivity index (χ0n) is 11.3. The minimum atomic E-state index is -0.300. The number of carbonyl (C=O) groups excluding carboxylic acids is 1. The second-order valence-corrected chi connectivity index (χ2v) is 4.76. The van der Waals surface area contributed by atoms with Crippen LogP contribution in [0.3, 0.4) is 0 Å². The fourth-order valence-electron chi connectivity index (χ4n) is 2.43. The fourth-order valence-corrected chi connectivity index (χ4v) is 2.43. The third-order valence-electron chi connectivity index (χ3n) is 3.49. The first-order chi connectivity index (χ1) is 9.78. The minimum Gasteiger partial charge on any atom is -0.465 e. The van der Waals surface area contributed by atoms with E-state index in [1.165, 1.54) is 7.11 Å². The Morgan fingerprint density at radius 2 is 1.90 bits per heavy atom. The van der Waals surface area contributed by atoms with E-state index in [1.54, 1.807) is 6.07 Å². The zero-order chi connectivity index (χ0) is 13.9. The lowest BCUT2D eigenvalue weighted by Gasteiger charge is -2.16. The van der Waals surface area contributed by atoms with Gasteiger partial charge in [0.2, 0.25) is 0 Å². The highest BCUT2D eigenvalue weighted by molar-refractivity contribution is 6.03. The fraction of sp³-hybridized carbons (Fsp3) is 0.176. The molecule has 100 valence electrons. The minimum absolute atomic E-state index is 0.300. The lowest BCUT2D eigenvalue weighted by molar-refractivity contribution is 0.0600. The Labute approximate surface area is 117 Å². The number of methoxy groups -OCH3 is 1. The number of esters is 1. The van der Waals surface area contributed by atoms with Gasteiger partial charge in [0.05, 0.1) is 18.4 Å². The molecule has 0 amide bonds. The van der Waals surface area contributed by atoms with Crippen molar-refractivity contribution in [2.75, 3.05) is 7.11 Å². The van der Waals surface area contributed by atoms with Crippen molar-refractivity contribution in [1.29, 1.82) is 0 Å². The zero-order valence-corrected chi connectivity index (χ0v) is 11.3. The maximum absolute atomic E-state index is 11.5. The number of aryl methyl sites for hydroxylation is 1. The van der Waals surface area contributed by atoms with Gasteiger partial charge in [-0.05, 0) is 42.2 Å². The van der Waals surface area contributed by atoms with Crippen molar-refractivity contribution in [2.24, 2.45) is 4.99 Å². The maximum atomic E-state index is 11.5. The van der Waals surface area contributed by atoms with E-state index in [-0.39, 0.29) is 5.97 Å². The number of aliphatic imine (C=N–C) groups is 1. The quantitative estimate of drug-likeness (QED) is 0.779. The number of rotatable bonds is 2. The van der Waals surface area contributed by atoms with Crippen LogP contribution in [0.2, 0.25) is 0 Å². The molecule has 2 aromatic rings. The summed E-state index contributed by atoms with van der Waals surface area (Å²) in [5.74, 6) is -0.300. The van der Waals surface area contributed by atoms with E-state index in [2.05, 4.69) is 12.1 Å². The molecular formula is C17H15NO2. The molecule has 0 atom stereocenters. The Hall–Kier alpha value is -2.42. The van der Waals surface area contributed by atoms with Gasteiger partial charge in [-0.3, -0.25) is 4.99 Å². The summed E-state index contributed by atoms with van der Waals surface area (Å²) in [6, 6.07) is 15.7. The van der Waals surface area contributed by atoms with E-state index in [9.17, 15) is 4.79 Å². The van der Waals surface area contributed by atoms with Crippen LogP contribution < -0.4 is 0 Å². The number of hydrogen-bond acceptors (Lipinski definition) is 3. The molecule has 0 saturated carbocycles. The number of fused-ring (bicyclic) bond motifs is 1. The van der Waals surface area contributed by atoms with Crippen LogP contribution in [0.1, 0.15) is 27.9 Å². The van der Waals surface area contributed by atoms with E-state index < -0.39 is 0 Å². The van der Waals surface area contributed by atoms with Crippen LogP contribution in [-0.4, -0.2) is 18.8 Å². The predicted molar refractivity (Wildman–Crippen MR) is 78.7 cm³/mol. The Kier molecular flexibility index (Phi) is 3.33. The molecule has 20 heavy (non-hydrogen) atoms. The highest BCUT2D eigenvalue weighted by Gasteiger charge is 2.15. The van der Waals surface area contributed by atoms with Crippen molar-refractivity contribution in [2.45, 2.75) is 12.8 Å². The molecule has 0 radical (unpaired) electrons.